The molecule has 1 heterocycles. The Hall–Kier alpha value is -2.62. The van der Waals surface area contributed by atoms with E-state index in [2.05, 4.69) is 75.7 Å². The van der Waals surface area contributed by atoms with E-state index in [9.17, 15) is 4.79 Å². The molecule has 0 saturated heterocycles. The van der Waals surface area contributed by atoms with Gasteiger partial charge in [0, 0.05) is 18.4 Å². The molecule has 0 fully saturated rings. The van der Waals surface area contributed by atoms with Crippen LogP contribution in [-0.2, 0) is 5.41 Å². The summed E-state index contributed by atoms with van der Waals surface area (Å²) in [6, 6.07) is 10.1. The van der Waals surface area contributed by atoms with Gasteiger partial charge in [0.25, 0.3) is 0 Å². The van der Waals surface area contributed by atoms with Crippen LogP contribution in [0.2, 0.25) is 0 Å². The molecule has 0 aliphatic heterocycles. The Labute approximate surface area is 167 Å². The highest BCUT2D eigenvalue weighted by molar-refractivity contribution is 5.87. The van der Waals surface area contributed by atoms with E-state index >= 15 is 0 Å². The van der Waals surface area contributed by atoms with Crippen LogP contribution < -0.4 is 4.90 Å². The number of allylic oxidation sites excluding steroid dienone is 2. The van der Waals surface area contributed by atoms with Crippen molar-refractivity contribution in [3.8, 4) is 0 Å². The van der Waals surface area contributed by atoms with Gasteiger partial charge in [-0.15, -0.1) is 0 Å². The number of aromatic nitrogens is 1. The molecule has 0 atom stereocenters. The first-order valence-corrected chi connectivity index (χ1v) is 9.87. The highest BCUT2D eigenvalue weighted by Crippen LogP contribution is 2.46. The van der Waals surface area contributed by atoms with Gasteiger partial charge >= 0.3 is 5.97 Å². The zero-order valence-electron chi connectivity index (χ0n) is 17.7. The lowest BCUT2D eigenvalue weighted by Gasteiger charge is -2.37. The van der Waals surface area contributed by atoms with Crippen LogP contribution in [0, 0.1) is 5.41 Å². The smallest absolute Gasteiger partial charge is 0.337 e. The van der Waals surface area contributed by atoms with E-state index in [1.165, 1.54) is 22.9 Å². The van der Waals surface area contributed by atoms with Gasteiger partial charge in [0.15, 0.2) is 0 Å². The highest BCUT2D eigenvalue weighted by atomic mass is 16.4. The minimum absolute atomic E-state index is 0.0717. The summed E-state index contributed by atoms with van der Waals surface area (Å²) in [7, 11) is 0. The molecule has 0 saturated carbocycles. The summed E-state index contributed by atoms with van der Waals surface area (Å²) in [4.78, 5) is 17.6. The van der Waals surface area contributed by atoms with Crippen molar-refractivity contribution in [1.29, 1.82) is 0 Å². The van der Waals surface area contributed by atoms with Gasteiger partial charge in [-0.25, -0.2) is 9.78 Å². The van der Waals surface area contributed by atoms with Crippen molar-refractivity contribution >= 4 is 23.0 Å². The number of hydrogen-bond acceptors (Lipinski definition) is 3. The van der Waals surface area contributed by atoms with Crippen LogP contribution in [0.3, 0.4) is 0 Å². The minimum atomic E-state index is -0.960. The summed E-state index contributed by atoms with van der Waals surface area (Å²) in [5.74, 6) is -0.207. The monoisotopic (exact) mass is 378 g/mol. The Balaban J connectivity index is 2.08. The largest absolute Gasteiger partial charge is 0.478 e. The standard InChI is InChI=1S/C24H30N2O2/c1-7-26(21-11-8-16(15-25-21)22(27)28)17-9-10-20-18(14-17)19(23(2,3)4)12-13-24(20,5)6/h8-12,14-15H,7,13H2,1-6H3,(H,27,28). The molecule has 0 amide bonds. The van der Waals surface area contributed by atoms with Crippen LogP contribution in [0.15, 0.2) is 42.6 Å². The maximum atomic E-state index is 11.1. The van der Waals surface area contributed by atoms with Gasteiger partial charge < -0.3 is 10.0 Å². The predicted octanol–water partition coefficient (Wildman–Crippen LogP) is 6.05. The lowest BCUT2D eigenvalue weighted by Crippen LogP contribution is -2.26. The Morgan fingerprint density at radius 3 is 2.46 bits per heavy atom. The van der Waals surface area contributed by atoms with E-state index in [4.69, 9.17) is 5.11 Å². The van der Waals surface area contributed by atoms with Gasteiger partial charge in [-0.2, -0.15) is 0 Å². The second-order valence-corrected chi connectivity index (χ2v) is 9.14. The molecule has 0 unspecified atom stereocenters. The molecule has 148 valence electrons. The molecule has 1 aliphatic carbocycles. The minimum Gasteiger partial charge on any atom is -0.478 e. The summed E-state index contributed by atoms with van der Waals surface area (Å²) in [5.41, 5.74) is 5.53. The number of aromatic carboxylic acids is 1. The number of anilines is 2. The van der Waals surface area contributed by atoms with Crippen LogP contribution in [0.4, 0.5) is 11.5 Å². The van der Waals surface area contributed by atoms with Crippen molar-refractivity contribution in [1.82, 2.24) is 4.98 Å². The van der Waals surface area contributed by atoms with Crippen molar-refractivity contribution in [2.75, 3.05) is 11.4 Å². The summed E-state index contributed by atoms with van der Waals surface area (Å²) in [6.07, 6.45) is 4.85. The topological polar surface area (TPSA) is 53.4 Å². The van der Waals surface area contributed by atoms with Gasteiger partial charge in [-0.05, 0) is 65.1 Å². The number of benzene rings is 1. The van der Waals surface area contributed by atoms with Crippen LogP contribution in [0.5, 0.6) is 0 Å². The SMILES string of the molecule is CCN(c1ccc2c(c1)C(C(C)(C)C)=CCC2(C)C)c1ccc(C(=O)O)cn1. The van der Waals surface area contributed by atoms with Gasteiger partial charge in [0.1, 0.15) is 5.82 Å². The third-order valence-corrected chi connectivity index (χ3v) is 5.55. The van der Waals surface area contributed by atoms with E-state index in [1.807, 2.05) is 0 Å². The molecular formula is C24H30N2O2. The molecule has 4 nitrogen and oxygen atoms in total. The van der Waals surface area contributed by atoms with Gasteiger partial charge in [0.2, 0.25) is 0 Å². The predicted molar refractivity (Wildman–Crippen MR) is 115 cm³/mol. The normalized spacial score (nSPS) is 15.6. The second-order valence-electron chi connectivity index (χ2n) is 9.14. The van der Waals surface area contributed by atoms with Crippen LogP contribution in [0.1, 0.15) is 69.4 Å². The molecule has 1 aliphatic rings. The van der Waals surface area contributed by atoms with E-state index in [0.717, 1.165) is 24.5 Å². The average Bonchev–Trinajstić information content (AvgIpc) is 2.61. The quantitative estimate of drug-likeness (QED) is 0.704. The lowest BCUT2D eigenvalue weighted by atomic mass is 9.68. The molecular weight excluding hydrogens is 348 g/mol. The molecule has 3 rings (SSSR count). The molecule has 0 spiro atoms. The van der Waals surface area contributed by atoms with Crippen LogP contribution >= 0.6 is 0 Å². The molecule has 28 heavy (non-hydrogen) atoms. The molecule has 0 bridgehead atoms. The van der Waals surface area contributed by atoms with Crippen LogP contribution in [-0.4, -0.2) is 22.6 Å². The first kappa shape index (κ1) is 20.1. The van der Waals surface area contributed by atoms with Crippen molar-refractivity contribution in [2.45, 2.75) is 53.4 Å². The number of pyridine rings is 1. The Kier molecular flexibility index (Phi) is 5.09. The van der Waals surface area contributed by atoms with E-state index in [0.29, 0.717) is 0 Å². The third-order valence-electron chi connectivity index (χ3n) is 5.55. The number of carboxylic acids is 1. The zero-order valence-corrected chi connectivity index (χ0v) is 17.7. The molecule has 2 aromatic rings. The number of hydrogen-bond donors (Lipinski definition) is 1. The zero-order chi connectivity index (χ0) is 20.7. The fourth-order valence-corrected chi connectivity index (χ4v) is 3.95. The third kappa shape index (κ3) is 3.68. The molecule has 1 aromatic heterocycles. The first-order valence-electron chi connectivity index (χ1n) is 9.87. The summed E-state index contributed by atoms with van der Waals surface area (Å²) in [5, 5.41) is 9.12. The van der Waals surface area contributed by atoms with Crippen molar-refractivity contribution in [3.05, 3.63) is 59.3 Å². The first-order chi connectivity index (χ1) is 13.0. The molecule has 4 heteroatoms. The highest BCUT2D eigenvalue weighted by Gasteiger charge is 2.32. The molecule has 1 aromatic carbocycles. The number of carbonyl (C=O) groups is 1. The number of fused-ring (bicyclic) bond motifs is 1. The number of nitrogens with zero attached hydrogens (tertiary/aromatic N) is 2. The fourth-order valence-electron chi connectivity index (χ4n) is 3.95. The van der Waals surface area contributed by atoms with Gasteiger partial charge in [-0.1, -0.05) is 46.8 Å². The van der Waals surface area contributed by atoms with Crippen LogP contribution in [0.25, 0.3) is 5.57 Å². The number of rotatable bonds is 4. The Morgan fingerprint density at radius 2 is 1.93 bits per heavy atom. The van der Waals surface area contributed by atoms with Gasteiger partial charge in [-0.3, -0.25) is 0 Å². The van der Waals surface area contributed by atoms with Gasteiger partial charge in [0.05, 0.1) is 5.56 Å². The number of carboxylic acid groups (broad SMARTS) is 1. The maximum absolute atomic E-state index is 11.1. The van der Waals surface area contributed by atoms with E-state index < -0.39 is 5.97 Å². The summed E-state index contributed by atoms with van der Waals surface area (Å²) >= 11 is 0. The average molecular weight is 379 g/mol. The van der Waals surface area contributed by atoms with E-state index in [-0.39, 0.29) is 16.4 Å². The molecule has 0 radical (unpaired) electrons. The second kappa shape index (κ2) is 7.08. The van der Waals surface area contributed by atoms with Crippen molar-refractivity contribution in [2.24, 2.45) is 5.41 Å². The van der Waals surface area contributed by atoms with Crippen molar-refractivity contribution < 1.29 is 9.90 Å². The van der Waals surface area contributed by atoms with E-state index in [1.54, 1.807) is 12.1 Å². The summed E-state index contributed by atoms with van der Waals surface area (Å²) in [6.45, 7) is 14.2. The maximum Gasteiger partial charge on any atom is 0.337 e. The Morgan fingerprint density at radius 1 is 1.21 bits per heavy atom. The Bertz CT molecular complexity index is 919. The summed E-state index contributed by atoms with van der Waals surface area (Å²) < 4.78 is 0. The molecule has 1 N–H and O–H groups in total. The lowest BCUT2D eigenvalue weighted by molar-refractivity contribution is 0.0696. The fraction of sp³-hybridized carbons (Fsp3) is 0.417. The van der Waals surface area contributed by atoms with Crippen molar-refractivity contribution in [3.63, 3.8) is 0 Å².